The topological polar surface area (TPSA) is 38.7 Å². The van der Waals surface area contributed by atoms with Gasteiger partial charge < -0.3 is 15.3 Å². The minimum atomic E-state index is 0.251. The van der Waals surface area contributed by atoms with Crippen LogP contribution in [0.4, 0.5) is 0 Å². The molecule has 108 valence electrons. The summed E-state index contributed by atoms with van der Waals surface area (Å²) in [4.78, 5) is 5.11. The molecule has 1 aliphatic rings. The number of aliphatic hydroxyl groups excluding tert-OH is 1. The molecule has 2 unspecified atom stereocenters. The van der Waals surface area contributed by atoms with E-state index in [4.69, 9.17) is 0 Å². The third-order valence-electron chi connectivity index (χ3n) is 4.08. The van der Waals surface area contributed by atoms with Gasteiger partial charge in [-0.3, -0.25) is 4.90 Å². The van der Waals surface area contributed by atoms with Gasteiger partial charge in [0.2, 0.25) is 0 Å². The van der Waals surface area contributed by atoms with Crippen molar-refractivity contribution in [2.24, 2.45) is 0 Å². The van der Waals surface area contributed by atoms with Crippen LogP contribution in [-0.2, 0) is 0 Å². The lowest BCUT2D eigenvalue weighted by molar-refractivity contribution is 0.197. The molecular formula is C14H31N3O. The maximum atomic E-state index is 9.26. The minimum Gasteiger partial charge on any atom is -0.395 e. The van der Waals surface area contributed by atoms with Gasteiger partial charge in [0.15, 0.2) is 0 Å². The zero-order valence-electron chi connectivity index (χ0n) is 12.4. The summed E-state index contributed by atoms with van der Waals surface area (Å²) in [6.45, 7) is 13.6. The summed E-state index contributed by atoms with van der Waals surface area (Å²) in [5.41, 5.74) is 0. The highest BCUT2D eigenvalue weighted by Gasteiger charge is 2.26. The molecule has 4 nitrogen and oxygen atoms in total. The second-order valence-corrected chi connectivity index (χ2v) is 5.19. The molecule has 0 saturated carbocycles. The summed E-state index contributed by atoms with van der Waals surface area (Å²) < 4.78 is 0. The van der Waals surface area contributed by atoms with Crippen molar-refractivity contribution < 1.29 is 5.11 Å². The van der Waals surface area contributed by atoms with Gasteiger partial charge >= 0.3 is 0 Å². The first-order chi connectivity index (χ1) is 8.74. The number of rotatable bonds is 9. The molecule has 0 aromatic rings. The molecule has 4 heteroatoms. The lowest BCUT2D eigenvalue weighted by Crippen LogP contribution is -2.39. The quantitative estimate of drug-likeness (QED) is 0.640. The van der Waals surface area contributed by atoms with E-state index >= 15 is 0 Å². The number of nitrogens with zero attached hydrogens (tertiary/aromatic N) is 2. The van der Waals surface area contributed by atoms with Crippen LogP contribution in [0.5, 0.6) is 0 Å². The van der Waals surface area contributed by atoms with E-state index in [-0.39, 0.29) is 12.6 Å². The van der Waals surface area contributed by atoms with Crippen molar-refractivity contribution in [3.63, 3.8) is 0 Å². The fourth-order valence-electron chi connectivity index (χ4n) is 2.94. The van der Waals surface area contributed by atoms with Gasteiger partial charge in [-0.05, 0) is 45.6 Å². The van der Waals surface area contributed by atoms with E-state index in [1.165, 1.54) is 19.5 Å². The largest absolute Gasteiger partial charge is 0.395 e. The third-order valence-corrected chi connectivity index (χ3v) is 4.08. The lowest BCUT2D eigenvalue weighted by atomic mass is 10.2. The highest BCUT2D eigenvalue weighted by atomic mass is 16.3. The molecule has 0 spiro atoms. The molecule has 2 atom stereocenters. The Balaban J connectivity index is 2.25. The molecule has 1 aliphatic heterocycles. The van der Waals surface area contributed by atoms with Crippen LogP contribution in [0.15, 0.2) is 0 Å². The Kier molecular flexibility index (Phi) is 7.82. The zero-order valence-corrected chi connectivity index (χ0v) is 12.4. The Bertz CT molecular complexity index is 209. The zero-order chi connectivity index (χ0) is 13.4. The molecule has 0 bridgehead atoms. The SMILES string of the molecule is CCNC(CO)CCN1CCC(N(CC)CC)C1. The van der Waals surface area contributed by atoms with Gasteiger partial charge in [-0.15, -0.1) is 0 Å². The smallest absolute Gasteiger partial charge is 0.0585 e. The van der Waals surface area contributed by atoms with Gasteiger partial charge in [-0.1, -0.05) is 20.8 Å². The van der Waals surface area contributed by atoms with Crippen LogP contribution in [0.2, 0.25) is 0 Å². The van der Waals surface area contributed by atoms with E-state index in [0.29, 0.717) is 0 Å². The standard InChI is InChI=1S/C14H31N3O/c1-4-15-13(12-18)7-9-16-10-8-14(11-16)17(5-2)6-3/h13-15,18H,4-12H2,1-3H3. The maximum absolute atomic E-state index is 9.26. The van der Waals surface area contributed by atoms with Crippen LogP contribution in [0.1, 0.15) is 33.6 Å². The Morgan fingerprint density at radius 3 is 2.61 bits per heavy atom. The Labute approximate surface area is 112 Å². The Morgan fingerprint density at radius 1 is 1.33 bits per heavy atom. The number of nitrogens with one attached hydrogen (secondary N) is 1. The second-order valence-electron chi connectivity index (χ2n) is 5.19. The van der Waals surface area contributed by atoms with Crippen LogP contribution < -0.4 is 5.32 Å². The Morgan fingerprint density at radius 2 is 2.06 bits per heavy atom. The molecule has 18 heavy (non-hydrogen) atoms. The molecule has 0 radical (unpaired) electrons. The van der Waals surface area contributed by atoms with E-state index in [1.807, 2.05) is 0 Å². The van der Waals surface area contributed by atoms with Crippen molar-refractivity contribution in [2.75, 3.05) is 45.9 Å². The molecule has 0 aromatic heterocycles. The Hall–Kier alpha value is -0.160. The van der Waals surface area contributed by atoms with Crippen molar-refractivity contribution in [2.45, 2.75) is 45.7 Å². The predicted molar refractivity (Wildman–Crippen MR) is 76.9 cm³/mol. The molecule has 2 N–H and O–H groups in total. The first-order valence-electron chi connectivity index (χ1n) is 7.55. The summed E-state index contributed by atoms with van der Waals surface area (Å²) in [6, 6.07) is 1.01. The fraction of sp³-hybridized carbons (Fsp3) is 1.00. The lowest BCUT2D eigenvalue weighted by Gasteiger charge is -2.26. The highest BCUT2D eigenvalue weighted by Crippen LogP contribution is 2.15. The number of hydrogen-bond acceptors (Lipinski definition) is 4. The average Bonchev–Trinajstić information content (AvgIpc) is 2.85. The minimum absolute atomic E-state index is 0.251. The second kappa shape index (κ2) is 8.86. The van der Waals surface area contributed by atoms with E-state index in [2.05, 4.69) is 35.9 Å². The van der Waals surface area contributed by atoms with E-state index in [1.54, 1.807) is 0 Å². The number of aliphatic hydroxyl groups is 1. The van der Waals surface area contributed by atoms with Crippen LogP contribution in [0.3, 0.4) is 0 Å². The summed E-state index contributed by atoms with van der Waals surface area (Å²) in [5, 5.41) is 12.6. The predicted octanol–water partition coefficient (Wildman–Crippen LogP) is 0.763. The van der Waals surface area contributed by atoms with E-state index in [0.717, 1.165) is 38.6 Å². The molecule has 0 aromatic carbocycles. The first-order valence-corrected chi connectivity index (χ1v) is 7.55. The van der Waals surface area contributed by atoms with E-state index in [9.17, 15) is 5.11 Å². The van der Waals surface area contributed by atoms with Crippen LogP contribution in [0.25, 0.3) is 0 Å². The fourth-order valence-corrected chi connectivity index (χ4v) is 2.94. The summed E-state index contributed by atoms with van der Waals surface area (Å²) in [7, 11) is 0. The van der Waals surface area contributed by atoms with Gasteiger partial charge in [-0.25, -0.2) is 0 Å². The van der Waals surface area contributed by atoms with Crippen LogP contribution in [0, 0.1) is 0 Å². The monoisotopic (exact) mass is 257 g/mol. The highest BCUT2D eigenvalue weighted by molar-refractivity contribution is 4.83. The number of likely N-dealkylation sites (tertiary alicyclic amines) is 1. The van der Waals surface area contributed by atoms with Crippen molar-refractivity contribution in [1.29, 1.82) is 0 Å². The van der Waals surface area contributed by atoms with Crippen LogP contribution >= 0.6 is 0 Å². The first kappa shape index (κ1) is 15.9. The normalized spacial score (nSPS) is 22.8. The summed E-state index contributed by atoms with van der Waals surface area (Å²) in [6.07, 6.45) is 2.35. The van der Waals surface area contributed by atoms with Gasteiger partial charge in [0, 0.05) is 18.6 Å². The van der Waals surface area contributed by atoms with Crippen LogP contribution in [-0.4, -0.2) is 72.9 Å². The number of likely N-dealkylation sites (N-methyl/N-ethyl adjacent to an activating group) is 2. The molecule has 1 rings (SSSR count). The number of hydrogen-bond donors (Lipinski definition) is 2. The molecule has 1 fully saturated rings. The van der Waals surface area contributed by atoms with Gasteiger partial charge in [0.1, 0.15) is 0 Å². The molecule has 0 amide bonds. The van der Waals surface area contributed by atoms with Crippen molar-refractivity contribution in [3.8, 4) is 0 Å². The van der Waals surface area contributed by atoms with Gasteiger partial charge in [-0.2, -0.15) is 0 Å². The van der Waals surface area contributed by atoms with Crippen molar-refractivity contribution >= 4 is 0 Å². The average molecular weight is 257 g/mol. The van der Waals surface area contributed by atoms with E-state index < -0.39 is 0 Å². The molecule has 1 saturated heterocycles. The molecule has 0 aliphatic carbocycles. The van der Waals surface area contributed by atoms with Crippen molar-refractivity contribution in [3.05, 3.63) is 0 Å². The van der Waals surface area contributed by atoms with Gasteiger partial charge in [0.05, 0.1) is 6.61 Å². The molecular weight excluding hydrogens is 226 g/mol. The maximum Gasteiger partial charge on any atom is 0.0585 e. The van der Waals surface area contributed by atoms with Crippen molar-refractivity contribution in [1.82, 2.24) is 15.1 Å². The summed E-state index contributed by atoms with van der Waals surface area (Å²) >= 11 is 0. The third kappa shape index (κ3) is 4.84. The molecule has 1 heterocycles. The summed E-state index contributed by atoms with van der Waals surface area (Å²) in [5.74, 6) is 0. The van der Waals surface area contributed by atoms with Gasteiger partial charge in [0.25, 0.3) is 0 Å².